The van der Waals surface area contributed by atoms with Crippen molar-refractivity contribution in [1.82, 2.24) is 30.7 Å². The standard InChI is InChI=1S/C38H48N6O6S3/c1-5-51-26-18-21-30-29-20(17-27(52-6-2)32(30)37(49)44(35(21)47)24-12-8-7-11-23(24)42(3)4)34(46)43(36(48)31(26)29)16-15-39-28(45)14-10-9-13-25-33-22(19-53-25)40-38(50)41-33/h17-18,22-25,33H,5-16,19H2,1-4H3,(H,39,45)(H2,40,41,50)/t22-,23-,24-,25-,33-/m0/s1. The van der Waals surface area contributed by atoms with E-state index in [1.807, 2.05) is 39.7 Å². The van der Waals surface area contributed by atoms with E-state index in [-0.39, 0.29) is 61.0 Å². The number of nitrogens with zero attached hydrogens (tertiary/aromatic N) is 3. The van der Waals surface area contributed by atoms with Gasteiger partial charge in [0.05, 0.1) is 29.3 Å². The minimum atomic E-state index is -0.492. The largest absolute Gasteiger partial charge is 0.354 e. The van der Waals surface area contributed by atoms with Crippen LogP contribution in [0.5, 0.6) is 0 Å². The lowest BCUT2D eigenvalue weighted by Crippen LogP contribution is -2.56. The van der Waals surface area contributed by atoms with Crippen molar-refractivity contribution in [3.8, 4) is 0 Å². The first-order valence-electron chi connectivity index (χ1n) is 18.8. The number of imide groups is 2. The summed E-state index contributed by atoms with van der Waals surface area (Å²) in [6, 6.07) is 3.47. The van der Waals surface area contributed by atoms with Crippen LogP contribution in [0.2, 0.25) is 0 Å². The fraction of sp³-hybridized carbons (Fsp3) is 0.579. The Balaban J connectivity index is 1.11. The van der Waals surface area contributed by atoms with E-state index in [9.17, 15) is 28.8 Å². The van der Waals surface area contributed by atoms with E-state index in [1.165, 1.54) is 33.3 Å². The van der Waals surface area contributed by atoms with Gasteiger partial charge in [0.2, 0.25) is 5.91 Å². The number of hydrogen-bond acceptors (Lipinski definition) is 10. The third-order valence-corrected chi connectivity index (χ3v) is 14.5. The summed E-state index contributed by atoms with van der Waals surface area (Å²) in [5.41, 5.74) is 1.41. The van der Waals surface area contributed by atoms with Crippen molar-refractivity contribution < 1.29 is 28.8 Å². The van der Waals surface area contributed by atoms with Crippen LogP contribution in [0.3, 0.4) is 0 Å². The van der Waals surface area contributed by atoms with Crippen LogP contribution >= 0.6 is 35.3 Å². The monoisotopic (exact) mass is 780 g/mol. The first-order valence-corrected chi connectivity index (χ1v) is 21.9. The average molecular weight is 781 g/mol. The van der Waals surface area contributed by atoms with Gasteiger partial charge in [0, 0.05) is 68.2 Å². The van der Waals surface area contributed by atoms with Crippen molar-refractivity contribution >= 4 is 81.6 Å². The highest BCUT2D eigenvalue weighted by Crippen LogP contribution is 2.46. The predicted molar refractivity (Wildman–Crippen MR) is 209 cm³/mol. The molecule has 0 bridgehead atoms. The second-order valence-electron chi connectivity index (χ2n) is 14.6. The first-order chi connectivity index (χ1) is 25.5. The smallest absolute Gasteiger partial charge is 0.315 e. The second kappa shape index (κ2) is 15.8. The Morgan fingerprint density at radius 1 is 0.887 bits per heavy atom. The molecule has 0 spiro atoms. The normalized spacial score (nSPS) is 25.0. The summed E-state index contributed by atoms with van der Waals surface area (Å²) >= 11 is 4.75. The summed E-state index contributed by atoms with van der Waals surface area (Å²) in [6.45, 7) is 4.06. The number of likely N-dealkylation sites (N-methyl/N-ethyl adjacent to an activating group) is 1. The van der Waals surface area contributed by atoms with E-state index < -0.39 is 11.8 Å². The van der Waals surface area contributed by atoms with Gasteiger partial charge in [-0.15, -0.1) is 23.5 Å². The van der Waals surface area contributed by atoms with Crippen LogP contribution in [-0.4, -0.2) is 124 Å². The van der Waals surface area contributed by atoms with Gasteiger partial charge in [-0.2, -0.15) is 11.8 Å². The number of benzene rings is 2. The molecule has 0 unspecified atom stereocenters. The van der Waals surface area contributed by atoms with Gasteiger partial charge in [-0.05, 0) is 63.4 Å². The van der Waals surface area contributed by atoms with E-state index in [4.69, 9.17) is 0 Å². The molecular formula is C38H48N6O6S3. The fourth-order valence-corrected chi connectivity index (χ4v) is 12.0. The number of thioether (sulfide) groups is 3. The van der Waals surface area contributed by atoms with E-state index in [2.05, 4.69) is 20.9 Å². The molecule has 0 aromatic heterocycles. The van der Waals surface area contributed by atoms with Gasteiger partial charge < -0.3 is 20.9 Å². The maximum Gasteiger partial charge on any atom is 0.315 e. The minimum Gasteiger partial charge on any atom is -0.354 e. The molecule has 5 atom stereocenters. The van der Waals surface area contributed by atoms with Crippen molar-refractivity contribution in [2.45, 2.75) is 104 Å². The van der Waals surface area contributed by atoms with Gasteiger partial charge in [-0.3, -0.25) is 33.8 Å². The maximum atomic E-state index is 14.6. The van der Waals surface area contributed by atoms with Crippen LogP contribution in [-0.2, 0) is 4.79 Å². The van der Waals surface area contributed by atoms with Crippen molar-refractivity contribution in [1.29, 1.82) is 0 Å². The lowest BCUT2D eigenvalue weighted by molar-refractivity contribution is -0.121. The third kappa shape index (κ3) is 6.95. The van der Waals surface area contributed by atoms with Gasteiger partial charge in [0.15, 0.2) is 0 Å². The Labute approximate surface area is 323 Å². The molecule has 284 valence electrons. The SMILES string of the molecule is CCSc1cc2c3c(c(SCC)cc4c3c1C(=O)N(CCNC(=O)CCCC[C@@H]1SC[C@@H]3NC(=O)N[C@@H]31)C4=O)C(=O)N([C@H]1CCCC[C@@H]1N(C)C)C2=O. The second-order valence-corrected chi connectivity index (χ2v) is 18.4. The number of carbonyl (C=O) groups excluding carboxylic acids is 6. The molecule has 2 saturated heterocycles. The zero-order valence-corrected chi connectivity index (χ0v) is 33.2. The van der Waals surface area contributed by atoms with Gasteiger partial charge in [0.25, 0.3) is 23.6 Å². The van der Waals surface area contributed by atoms with Crippen molar-refractivity contribution in [3.63, 3.8) is 0 Å². The molecule has 12 nitrogen and oxygen atoms in total. The molecule has 7 rings (SSSR count). The van der Waals surface area contributed by atoms with Crippen molar-refractivity contribution in [3.05, 3.63) is 34.4 Å². The van der Waals surface area contributed by atoms with Crippen LogP contribution in [0.25, 0.3) is 10.8 Å². The van der Waals surface area contributed by atoms with E-state index in [0.717, 1.165) is 44.3 Å². The van der Waals surface area contributed by atoms with E-state index in [0.29, 0.717) is 72.4 Å². The summed E-state index contributed by atoms with van der Waals surface area (Å²) in [6.07, 6.45) is 6.38. The van der Waals surface area contributed by atoms with E-state index in [1.54, 1.807) is 12.1 Å². The molecule has 3 N–H and O–H groups in total. The molecule has 0 radical (unpaired) electrons. The maximum absolute atomic E-state index is 14.6. The summed E-state index contributed by atoms with van der Waals surface area (Å²) in [4.78, 5) is 88.1. The Kier molecular flexibility index (Phi) is 11.4. The lowest BCUT2D eigenvalue weighted by atomic mass is 9.83. The zero-order valence-electron chi connectivity index (χ0n) is 30.7. The summed E-state index contributed by atoms with van der Waals surface area (Å²) in [5.74, 6) is 0.333. The minimum absolute atomic E-state index is 0.00590. The van der Waals surface area contributed by atoms with Crippen LogP contribution < -0.4 is 16.0 Å². The molecule has 2 aromatic rings. The highest BCUT2D eigenvalue weighted by molar-refractivity contribution is 8.00. The molecule has 15 heteroatoms. The number of carbonyl (C=O) groups is 6. The highest BCUT2D eigenvalue weighted by Gasteiger charge is 2.47. The first kappa shape index (κ1) is 38.0. The molecule has 3 fully saturated rings. The quantitative estimate of drug-likeness (QED) is 0.104. The Hall–Kier alpha value is -3.27. The predicted octanol–water partition coefficient (Wildman–Crippen LogP) is 4.97. The van der Waals surface area contributed by atoms with Crippen molar-refractivity contribution in [2.24, 2.45) is 0 Å². The number of unbranched alkanes of at least 4 members (excludes halogenated alkanes) is 1. The summed E-state index contributed by atoms with van der Waals surface area (Å²) in [5, 5.41) is 9.98. The molecule has 7 amide bonds. The van der Waals surface area contributed by atoms with Crippen LogP contribution in [0.15, 0.2) is 21.9 Å². The molecule has 2 aromatic carbocycles. The topological polar surface area (TPSA) is 148 Å². The molecule has 1 aliphatic carbocycles. The summed E-state index contributed by atoms with van der Waals surface area (Å²) in [7, 11) is 3.99. The number of urea groups is 1. The zero-order chi connectivity index (χ0) is 37.6. The summed E-state index contributed by atoms with van der Waals surface area (Å²) < 4.78 is 0. The Morgan fingerprint density at radius 3 is 2.23 bits per heavy atom. The number of rotatable bonds is 14. The molecule has 4 aliphatic heterocycles. The van der Waals surface area contributed by atoms with Gasteiger partial charge in [-0.25, -0.2) is 4.79 Å². The molecule has 4 heterocycles. The number of fused-ring (bicyclic) bond motifs is 1. The van der Waals surface area contributed by atoms with E-state index >= 15 is 0 Å². The molecular weight excluding hydrogens is 733 g/mol. The van der Waals surface area contributed by atoms with Crippen LogP contribution in [0.1, 0.15) is 107 Å². The van der Waals surface area contributed by atoms with Gasteiger partial charge >= 0.3 is 6.03 Å². The molecule has 53 heavy (non-hydrogen) atoms. The van der Waals surface area contributed by atoms with Crippen molar-refractivity contribution in [2.75, 3.05) is 44.4 Å². The average Bonchev–Trinajstić information content (AvgIpc) is 3.69. The van der Waals surface area contributed by atoms with Gasteiger partial charge in [-0.1, -0.05) is 33.1 Å². The fourth-order valence-electron chi connectivity index (χ4n) is 8.77. The molecule has 5 aliphatic rings. The Bertz CT molecular complexity index is 1870. The highest BCUT2D eigenvalue weighted by atomic mass is 32.2. The number of nitrogens with one attached hydrogen (secondary N) is 3. The lowest BCUT2D eigenvalue weighted by Gasteiger charge is -2.43. The number of amides is 7. The molecule has 1 saturated carbocycles. The van der Waals surface area contributed by atoms with Crippen LogP contribution in [0.4, 0.5) is 4.79 Å². The number of hydrogen-bond donors (Lipinski definition) is 3. The van der Waals surface area contributed by atoms with Crippen LogP contribution in [0, 0.1) is 0 Å². The van der Waals surface area contributed by atoms with Gasteiger partial charge in [0.1, 0.15) is 0 Å². The Morgan fingerprint density at radius 2 is 1.55 bits per heavy atom. The third-order valence-electron chi connectivity index (χ3n) is 11.2.